The monoisotopic (exact) mass is 281 g/mol. The Bertz CT molecular complexity index is 494. The van der Waals surface area contributed by atoms with Crippen molar-refractivity contribution in [1.29, 1.82) is 0 Å². The van der Waals surface area contributed by atoms with Gasteiger partial charge in [0.05, 0.1) is 12.2 Å². The number of halogens is 1. The first-order valence-electron chi connectivity index (χ1n) is 6.87. The number of ether oxygens (including phenoxy) is 1. The van der Waals surface area contributed by atoms with Gasteiger partial charge in [0.1, 0.15) is 5.82 Å². The number of carbonyl (C=O) groups is 1. The van der Waals surface area contributed by atoms with Crippen LogP contribution in [-0.2, 0) is 10.3 Å². The number of amides is 1. The van der Waals surface area contributed by atoms with E-state index in [2.05, 4.69) is 0 Å². The molecule has 0 aliphatic carbocycles. The van der Waals surface area contributed by atoms with Crippen molar-refractivity contribution < 1.29 is 19.0 Å². The SMILES string of the molecule is CCOC(=O)N1CC[C@@](O)(c2cccc(F)c2)[C@@H](C)C1. The molecule has 1 aliphatic heterocycles. The molecule has 1 N–H and O–H groups in total. The van der Waals surface area contributed by atoms with Crippen LogP contribution in [0.3, 0.4) is 0 Å². The molecule has 1 aromatic rings. The van der Waals surface area contributed by atoms with Crippen LogP contribution in [0.4, 0.5) is 9.18 Å². The highest BCUT2D eigenvalue weighted by atomic mass is 19.1. The minimum absolute atomic E-state index is 0.192. The Morgan fingerprint density at radius 2 is 2.35 bits per heavy atom. The van der Waals surface area contributed by atoms with Gasteiger partial charge in [-0.15, -0.1) is 0 Å². The summed E-state index contributed by atoms with van der Waals surface area (Å²) in [4.78, 5) is 13.3. The molecular weight excluding hydrogens is 261 g/mol. The second-order valence-electron chi connectivity index (χ2n) is 5.23. The highest BCUT2D eigenvalue weighted by Crippen LogP contribution is 2.37. The number of hydrogen-bond acceptors (Lipinski definition) is 3. The molecule has 1 aliphatic rings. The third kappa shape index (κ3) is 2.77. The van der Waals surface area contributed by atoms with Crippen molar-refractivity contribution in [3.63, 3.8) is 0 Å². The summed E-state index contributed by atoms with van der Waals surface area (Å²) >= 11 is 0. The molecule has 20 heavy (non-hydrogen) atoms. The maximum Gasteiger partial charge on any atom is 0.409 e. The zero-order valence-corrected chi connectivity index (χ0v) is 11.8. The third-order valence-corrected chi connectivity index (χ3v) is 3.92. The lowest BCUT2D eigenvalue weighted by Crippen LogP contribution is -2.50. The van der Waals surface area contributed by atoms with E-state index in [9.17, 15) is 14.3 Å². The Morgan fingerprint density at radius 3 is 2.95 bits per heavy atom. The van der Waals surface area contributed by atoms with Crippen LogP contribution in [0.25, 0.3) is 0 Å². The fourth-order valence-corrected chi connectivity index (χ4v) is 2.69. The van der Waals surface area contributed by atoms with Crippen molar-refractivity contribution in [2.75, 3.05) is 19.7 Å². The number of hydrogen-bond donors (Lipinski definition) is 1. The predicted molar refractivity (Wildman–Crippen MR) is 72.7 cm³/mol. The quantitative estimate of drug-likeness (QED) is 0.906. The first-order valence-corrected chi connectivity index (χ1v) is 6.87. The van der Waals surface area contributed by atoms with Crippen molar-refractivity contribution in [2.24, 2.45) is 5.92 Å². The molecule has 110 valence electrons. The average molecular weight is 281 g/mol. The highest BCUT2D eigenvalue weighted by Gasteiger charge is 2.41. The van der Waals surface area contributed by atoms with Gasteiger partial charge in [-0.25, -0.2) is 9.18 Å². The van der Waals surface area contributed by atoms with Crippen LogP contribution < -0.4 is 0 Å². The number of piperidine rings is 1. The largest absolute Gasteiger partial charge is 0.450 e. The van der Waals surface area contributed by atoms with Crippen molar-refractivity contribution >= 4 is 6.09 Å². The normalized spacial score (nSPS) is 26.4. The summed E-state index contributed by atoms with van der Waals surface area (Å²) in [6.45, 7) is 4.74. The zero-order valence-electron chi connectivity index (χ0n) is 11.8. The van der Waals surface area contributed by atoms with Gasteiger partial charge in [0.15, 0.2) is 0 Å². The highest BCUT2D eigenvalue weighted by molar-refractivity contribution is 5.67. The van der Waals surface area contributed by atoms with Gasteiger partial charge >= 0.3 is 6.09 Å². The van der Waals surface area contributed by atoms with Crippen LogP contribution in [0.15, 0.2) is 24.3 Å². The lowest BCUT2D eigenvalue weighted by atomic mass is 9.77. The summed E-state index contributed by atoms with van der Waals surface area (Å²) in [6, 6.07) is 6.02. The Labute approximate surface area is 118 Å². The number of aliphatic hydroxyl groups is 1. The molecule has 4 nitrogen and oxygen atoms in total. The van der Waals surface area contributed by atoms with Gasteiger partial charge in [-0.1, -0.05) is 19.1 Å². The maximum atomic E-state index is 13.3. The molecule has 0 unspecified atom stereocenters. The van der Waals surface area contributed by atoms with Crippen molar-refractivity contribution in [2.45, 2.75) is 25.9 Å². The predicted octanol–water partition coefficient (Wildman–Crippen LogP) is 2.51. The number of benzene rings is 1. The minimum Gasteiger partial charge on any atom is -0.450 e. The summed E-state index contributed by atoms with van der Waals surface area (Å²) < 4.78 is 18.3. The minimum atomic E-state index is -1.11. The van der Waals surface area contributed by atoms with Gasteiger partial charge in [0.25, 0.3) is 0 Å². The van der Waals surface area contributed by atoms with Crippen LogP contribution in [0.5, 0.6) is 0 Å². The number of nitrogens with zero attached hydrogens (tertiary/aromatic N) is 1. The Hall–Kier alpha value is -1.62. The molecule has 2 rings (SSSR count). The first-order chi connectivity index (χ1) is 9.47. The standard InChI is InChI=1S/C15H20FNO3/c1-3-20-14(18)17-8-7-15(19,11(2)10-17)12-5-4-6-13(16)9-12/h4-6,9,11,19H,3,7-8,10H2,1-2H3/t11-,15-/m0/s1. The van der Waals surface area contributed by atoms with Gasteiger partial charge in [-0.05, 0) is 31.0 Å². The van der Waals surface area contributed by atoms with Crippen LogP contribution in [-0.4, -0.2) is 35.8 Å². The molecule has 0 aromatic heterocycles. The smallest absolute Gasteiger partial charge is 0.409 e. The summed E-state index contributed by atoms with van der Waals surface area (Å²) in [5.74, 6) is -0.557. The lowest BCUT2D eigenvalue weighted by molar-refractivity contribution is -0.0676. The van der Waals surface area contributed by atoms with Crippen molar-refractivity contribution in [3.05, 3.63) is 35.6 Å². The molecule has 1 heterocycles. The summed E-state index contributed by atoms with van der Waals surface area (Å²) in [7, 11) is 0. The van der Waals surface area contributed by atoms with Gasteiger partial charge in [-0.3, -0.25) is 0 Å². The number of likely N-dealkylation sites (tertiary alicyclic amines) is 1. The van der Waals surface area contributed by atoms with Gasteiger partial charge < -0.3 is 14.7 Å². The van der Waals surface area contributed by atoms with E-state index in [-0.39, 0.29) is 17.8 Å². The van der Waals surface area contributed by atoms with Crippen LogP contribution in [0.1, 0.15) is 25.8 Å². The topological polar surface area (TPSA) is 49.8 Å². The molecular formula is C15H20FNO3. The lowest BCUT2D eigenvalue weighted by Gasteiger charge is -2.43. The van der Waals surface area contributed by atoms with E-state index in [0.717, 1.165) is 0 Å². The molecule has 1 fully saturated rings. The summed E-state index contributed by atoms with van der Waals surface area (Å²) in [5.41, 5.74) is -0.543. The maximum absolute atomic E-state index is 13.3. The molecule has 0 bridgehead atoms. The van der Waals surface area contributed by atoms with Crippen molar-refractivity contribution in [3.8, 4) is 0 Å². The van der Waals surface area contributed by atoms with E-state index in [0.29, 0.717) is 31.7 Å². The third-order valence-electron chi connectivity index (χ3n) is 3.92. The molecule has 1 saturated heterocycles. The van der Waals surface area contributed by atoms with E-state index in [1.807, 2.05) is 6.92 Å². The Kier molecular flexibility index (Phi) is 4.28. The summed E-state index contributed by atoms with van der Waals surface area (Å²) in [6.07, 6.45) is 0.0109. The van der Waals surface area contributed by atoms with E-state index in [1.165, 1.54) is 12.1 Å². The second-order valence-corrected chi connectivity index (χ2v) is 5.23. The van der Waals surface area contributed by atoms with Crippen LogP contribution in [0, 0.1) is 11.7 Å². The Balaban J connectivity index is 2.14. The fraction of sp³-hybridized carbons (Fsp3) is 0.533. The fourth-order valence-electron chi connectivity index (χ4n) is 2.69. The number of rotatable bonds is 2. The van der Waals surface area contributed by atoms with E-state index < -0.39 is 5.60 Å². The first kappa shape index (κ1) is 14.8. The van der Waals surface area contributed by atoms with Crippen molar-refractivity contribution in [1.82, 2.24) is 4.90 Å². The van der Waals surface area contributed by atoms with Crippen LogP contribution >= 0.6 is 0 Å². The zero-order chi connectivity index (χ0) is 14.8. The Morgan fingerprint density at radius 1 is 1.60 bits per heavy atom. The molecule has 1 aromatic carbocycles. The average Bonchev–Trinajstić information content (AvgIpc) is 2.42. The van der Waals surface area contributed by atoms with E-state index in [4.69, 9.17) is 4.74 Å². The van der Waals surface area contributed by atoms with Gasteiger partial charge in [0.2, 0.25) is 0 Å². The van der Waals surface area contributed by atoms with Crippen LogP contribution in [0.2, 0.25) is 0 Å². The van der Waals surface area contributed by atoms with Gasteiger partial charge in [0, 0.05) is 19.0 Å². The molecule has 2 atom stereocenters. The molecule has 0 radical (unpaired) electrons. The molecule has 1 amide bonds. The molecule has 0 saturated carbocycles. The molecule has 5 heteroatoms. The number of carbonyl (C=O) groups excluding carboxylic acids is 1. The van der Waals surface area contributed by atoms with Gasteiger partial charge in [-0.2, -0.15) is 0 Å². The molecule has 0 spiro atoms. The summed E-state index contributed by atoms with van der Waals surface area (Å²) in [5, 5.41) is 10.8. The van der Waals surface area contributed by atoms with E-state index >= 15 is 0 Å². The van der Waals surface area contributed by atoms with E-state index in [1.54, 1.807) is 24.0 Å². The second kappa shape index (κ2) is 5.79.